The molecule has 1 aliphatic carbocycles. The van der Waals surface area contributed by atoms with Crippen molar-refractivity contribution in [3.63, 3.8) is 0 Å². The average molecular weight is 326 g/mol. The Morgan fingerprint density at radius 2 is 1.87 bits per heavy atom. The lowest BCUT2D eigenvalue weighted by atomic mass is 9.97. The van der Waals surface area contributed by atoms with E-state index in [2.05, 4.69) is 6.92 Å². The fourth-order valence-corrected chi connectivity index (χ4v) is 3.62. The maximum Gasteiger partial charge on any atom is 0.311 e. The van der Waals surface area contributed by atoms with E-state index in [0.29, 0.717) is 0 Å². The summed E-state index contributed by atoms with van der Waals surface area (Å²) in [5.74, 6) is -0.718. The summed E-state index contributed by atoms with van der Waals surface area (Å²) in [4.78, 5) is 24.1. The third-order valence-electron chi connectivity index (χ3n) is 5.07. The van der Waals surface area contributed by atoms with Gasteiger partial charge in [-0.25, -0.2) is 0 Å². The minimum absolute atomic E-state index is 0.0585. The van der Waals surface area contributed by atoms with Crippen molar-refractivity contribution in [2.75, 3.05) is 6.61 Å². The first-order valence-corrected chi connectivity index (χ1v) is 9.01. The zero-order chi connectivity index (χ0) is 16.9. The first kappa shape index (κ1) is 18.2. The first-order valence-electron chi connectivity index (χ1n) is 9.01. The smallest absolute Gasteiger partial charge is 0.311 e. The van der Waals surface area contributed by atoms with Gasteiger partial charge in [-0.05, 0) is 51.9 Å². The number of carbonyl (C=O) groups excluding carboxylic acids is 2. The molecule has 1 aliphatic heterocycles. The second kappa shape index (κ2) is 8.13. The Morgan fingerprint density at radius 1 is 1.17 bits per heavy atom. The maximum atomic E-state index is 12.2. The lowest BCUT2D eigenvalue weighted by Gasteiger charge is -2.24. The molecule has 2 rings (SSSR count). The summed E-state index contributed by atoms with van der Waals surface area (Å²) >= 11 is 0. The van der Waals surface area contributed by atoms with Crippen molar-refractivity contribution in [2.24, 2.45) is 5.92 Å². The van der Waals surface area contributed by atoms with E-state index in [4.69, 9.17) is 14.2 Å². The lowest BCUT2D eigenvalue weighted by Crippen LogP contribution is -2.29. The van der Waals surface area contributed by atoms with Crippen LogP contribution in [0, 0.1) is 5.92 Å². The highest BCUT2D eigenvalue weighted by molar-refractivity contribution is 5.74. The van der Waals surface area contributed by atoms with E-state index in [1.54, 1.807) is 0 Å². The van der Waals surface area contributed by atoms with Crippen molar-refractivity contribution in [1.82, 2.24) is 0 Å². The molecule has 5 heteroatoms. The molecule has 0 bridgehead atoms. The molecule has 0 aromatic carbocycles. The van der Waals surface area contributed by atoms with Gasteiger partial charge in [0.15, 0.2) is 0 Å². The molecule has 1 heterocycles. The first-order chi connectivity index (χ1) is 11.0. The van der Waals surface area contributed by atoms with Gasteiger partial charge in [0.05, 0.1) is 24.5 Å². The van der Waals surface area contributed by atoms with Crippen molar-refractivity contribution < 1.29 is 23.8 Å². The molecule has 132 valence electrons. The van der Waals surface area contributed by atoms with Crippen LogP contribution in [0.25, 0.3) is 0 Å². The molecule has 23 heavy (non-hydrogen) atoms. The number of carbonyl (C=O) groups is 2. The van der Waals surface area contributed by atoms with Gasteiger partial charge in [0.25, 0.3) is 0 Å². The average Bonchev–Trinajstić information content (AvgIpc) is 3.13. The van der Waals surface area contributed by atoms with Crippen LogP contribution in [0.15, 0.2) is 0 Å². The molecule has 1 saturated heterocycles. The van der Waals surface area contributed by atoms with Gasteiger partial charge < -0.3 is 14.2 Å². The Kier molecular flexibility index (Phi) is 6.45. The van der Waals surface area contributed by atoms with Gasteiger partial charge in [0, 0.05) is 0 Å². The zero-order valence-electron chi connectivity index (χ0n) is 14.6. The molecule has 3 unspecified atom stereocenters. The molecule has 0 aromatic rings. The summed E-state index contributed by atoms with van der Waals surface area (Å²) in [6.45, 7) is 6.15. The predicted molar refractivity (Wildman–Crippen MR) is 85.9 cm³/mol. The van der Waals surface area contributed by atoms with Crippen molar-refractivity contribution in [3.8, 4) is 0 Å². The highest BCUT2D eigenvalue weighted by Gasteiger charge is 2.39. The summed E-state index contributed by atoms with van der Waals surface area (Å²) in [6, 6.07) is 0. The minimum Gasteiger partial charge on any atom is -0.465 e. The predicted octanol–water partition coefficient (Wildman–Crippen LogP) is 3.39. The summed E-state index contributed by atoms with van der Waals surface area (Å²) in [5.41, 5.74) is -0.317. The van der Waals surface area contributed by atoms with Crippen molar-refractivity contribution in [2.45, 2.75) is 89.9 Å². The van der Waals surface area contributed by atoms with Crippen molar-refractivity contribution in [1.29, 1.82) is 0 Å². The van der Waals surface area contributed by atoms with Gasteiger partial charge >= 0.3 is 11.9 Å². The fourth-order valence-electron chi connectivity index (χ4n) is 3.62. The molecule has 0 N–H and O–H groups in total. The third kappa shape index (κ3) is 4.93. The van der Waals surface area contributed by atoms with Gasteiger partial charge in [-0.3, -0.25) is 9.59 Å². The topological polar surface area (TPSA) is 61.8 Å². The molecular formula is C18H30O5. The molecule has 5 nitrogen and oxygen atoms in total. The summed E-state index contributed by atoms with van der Waals surface area (Å²) < 4.78 is 16.7. The van der Waals surface area contributed by atoms with E-state index in [1.165, 1.54) is 0 Å². The SMILES string of the molecule is CCC1CC(C(=O)OCCC(=O)OC2(C)CCCC2)C(CC)O1. The second-order valence-corrected chi connectivity index (χ2v) is 7.00. The van der Waals surface area contributed by atoms with Crippen LogP contribution in [-0.2, 0) is 23.8 Å². The van der Waals surface area contributed by atoms with Crippen LogP contribution in [0.1, 0.15) is 72.1 Å². The van der Waals surface area contributed by atoms with Crippen LogP contribution in [0.2, 0.25) is 0 Å². The largest absolute Gasteiger partial charge is 0.465 e. The number of esters is 2. The second-order valence-electron chi connectivity index (χ2n) is 7.00. The van der Waals surface area contributed by atoms with Crippen LogP contribution in [-0.4, -0.2) is 36.4 Å². The van der Waals surface area contributed by atoms with Gasteiger partial charge in [-0.1, -0.05) is 13.8 Å². The summed E-state index contributed by atoms with van der Waals surface area (Å²) in [5, 5.41) is 0. The van der Waals surface area contributed by atoms with E-state index in [1.807, 2.05) is 13.8 Å². The normalized spacial score (nSPS) is 29.4. The molecule has 2 fully saturated rings. The van der Waals surface area contributed by atoms with E-state index >= 15 is 0 Å². The van der Waals surface area contributed by atoms with E-state index in [-0.39, 0.29) is 48.7 Å². The van der Waals surface area contributed by atoms with Gasteiger partial charge in [0.2, 0.25) is 0 Å². The molecule has 1 saturated carbocycles. The highest BCUT2D eigenvalue weighted by Crippen LogP contribution is 2.33. The standard InChI is InChI=1S/C18H30O5/c1-4-13-12-14(15(5-2)22-13)17(20)21-11-8-16(19)23-18(3)9-6-7-10-18/h13-15H,4-12H2,1-3H3. The Hall–Kier alpha value is -1.10. The van der Waals surface area contributed by atoms with E-state index < -0.39 is 0 Å². The van der Waals surface area contributed by atoms with Crippen LogP contribution in [0.3, 0.4) is 0 Å². The summed E-state index contributed by atoms with van der Waals surface area (Å²) in [6.07, 6.45) is 6.71. The molecule has 0 spiro atoms. The molecule has 3 atom stereocenters. The minimum atomic E-state index is -0.317. The Morgan fingerprint density at radius 3 is 2.48 bits per heavy atom. The zero-order valence-corrected chi connectivity index (χ0v) is 14.6. The highest BCUT2D eigenvalue weighted by atomic mass is 16.6. The van der Waals surface area contributed by atoms with Crippen LogP contribution in [0.4, 0.5) is 0 Å². The number of ether oxygens (including phenoxy) is 3. The molecular weight excluding hydrogens is 296 g/mol. The quantitative estimate of drug-likeness (QED) is 0.671. The molecule has 2 aliphatic rings. The monoisotopic (exact) mass is 326 g/mol. The third-order valence-corrected chi connectivity index (χ3v) is 5.07. The Balaban J connectivity index is 1.71. The lowest BCUT2D eigenvalue weighted by molar-refractivity contribution is -0.161. The number of hydrogen-bond donors (Lipinski definition) is 0. The maximum absolute atomic E-state index is 12.2. The summed E-state index contributed by atoms with van der Waals surface area (Å²) in [7, 11) is 0. The van der Waals surface area contributed by atoms with Gasteiger partial charge in [-0.15, -0.1) is 0 Å². The number of rotatable bonds is 7. The van der Waals surface area contributed by atoms with E-state index in [9.17, 15) is 9.59 Å². The molecule has 0 amide bonds. The molecule has 0 aromatic heterocycles. The Bertz CT molecular complexity index is 414. The Labute approximate surface area is 139 Å². The van der Waals surface area contributed by atoms with Gasteiger partial charge in [-0.2, -0.15) is 0 Å². The van der Waals surface area contributed by atoms with Crippen LogP contribution in [0.5, 0.6) is 0 Å². The van der Waals surface area contributed by atoms with Crippen molar-refractivity contribution in [3.05, 3.63) is 0 Å². The van der Waals surface area contributed by atoms with Crippen LogP contribution >= 0.6 is 0 Å². The fraction of sp³-hybridized carbons (Fsp3) is 0.889. The molecule has 0 radical (unpaired) electrons. The van der Waals surface area contributed by atoms with E-state index in [0.717, 1.165) is 44.9 Å². The number of hydrogen-bond acceptors (Lipinski definition) is 5. The van der Waals surface area contributed by atoms with Crippen LogP contribution < -0.4 is 0 Å². The van der Waals surface area contributed by atoms with Crippen molar-refractivity contribution >= 4 is 11.9 Å². The van der Waals surface area contributed by atoms with Gasteiger partial charge in [0.1, 0.15) is 12.2 Å².